The van der Waals surface area contributed by atoms with E-state index in [-0.39, 0.29) is 11.5 Å². The zero-order valence-electron chi connectivity index (χ0n) is 8.43. The van der Waals surface area contributed by atoms with Gasteiger partial charge < -0.3 is 10.2 Å². The molecule has 78 valence electrons. The van der Waals surface area contributed by atoms with E-state index >= 15 is 0 Å². The molecule has 0 saturated carbocycles. The summed E-state index contributed by atoms with van der Waals surface area (Å²) in [4.78, 5) is 0. The van der Waals surface area contributed by atoms with Crippen molar-refractivity contribution in [1.82, 2.24) is 0 Å². The van der Waals surface area contributed by atoms with Crippen molar-refractivity contribution in [3.8, 4) is 5.75 Å². The summed E-state index contributed by atoms with van der Waals surface area (Å²) < 4.78 is 0. The normalized spacial score (nSPS) is 11.9. The van der Waals surface area contributed by atoms with Crippen molar-refractivity contribution < 1.29 is 10.2 Å². The van der Waals surface area contributed by atoms with Gasteiger partial charge in [-0.1, -0.05) is 30.9 Å². The molecule has 0 bridgehead atoms. The zero-order valence-corrected chi connectivity index (χ0v) is 8.43. The molecular formula is C13H14O2. The van der Waals surface area contributed by atoms with Crippen molar-refractivity contribution in [1.29, 1.82) is 0 Å². The van der Waals surface area contributed by atoms with Gasteiger partial charge in [-0.3, -0.25) is 0 Å². The van der Waals surface area contributed by atoms with Crippen LogP contribution in [0.1, 0.15) is 5.56 Å². The average Bonchev–Trinajstić information content (AvgIpc) is 2.21. The number of benzene rings is 1. The van der Waals surface area contributed by atoms with Crippen LogP contribution in [0.25, 0.3) is 0 Å². The molecule has 2 heteroatoms. The topological polar surface area (TPSA) is 40.5 Å². The fraction of sp³-hybridized carbons (Fsp3) is 0.0769. The minimum absolute atomic E-state index is 0.184. The maximum atomic E-state index is 9.23. The largest absolute Gasteiger partial charge is 0.508 e. The van der Waals surface area contributed by atoms with Crippen LogP contribution in [-0.2, 0) is 6.42 Å². The molecule has 0 radical (unpaired) electrons. The summed E-state index contributed by atoms with van der Waals surface area (Å²) in [5.74, 6) is 0.445. The molecule has 1 aromatic rings. The number of hydrogen-bond acceptors (Lipinski definition) is 2. The van der Waals surface area contributed by atoms with E-state index in [1.165, 1.54) is 12.2 Å². The number of rotatable bonds is 4. The number of allylic oxidation sites excluding steroid dienone is 4. The van der Waals surface area contributed by atoms with Crippen LogP contribution in [0.15, 0.2) is 60.9 Å². The first-order valence-electron chi connectivity index (χ1n) is 4.68. The molecule has 0 aliphatic heterocycles. The summed E-state index contributed by atoms with van der Waals surface area (Å²) in [5.41, 5.74) is 1.08. The molecule has 0 fully saturated rings. The minimum Gasteiger partial charge on any atom is -0.508 e. The second-order valence-electron chi connectivity index (χ2n) is 3.10. The Hall–Kier alpha value is -1.96. The monoisotopic (exact) mass is 202 g/mol. The van der Waals surface area contributed by atoms with Crippen LogP contribution in [0.3, 0.4) is 0 Å². The molecule has 0 saturated heterocycles. The lowest BCUT2D eigenvalue weighted by Crippen LogP contribution is -1.80. The summed E-state index contributed by atoms with van der Waals surface area (Å²) >= 11 is 0. The van der Waals surface area contributed by atoms with Gasteiger partial charge in [-0.25, -0.2) is 0 Å². The van der Waals surface area contributed by atoms with Crippen LogP contribution in [0, 0.1) is 0 Å². The van der Waals surface area contributed by atoms with Gasteiger partial charge in [0.2, 0.25) is 0 Å². The maximum Gasteiger partial charge on any atom is 0.115 e. The molecule has 1 rings (SSSR count). The Morgan fingerprint density at radius 3 is 2.53 bits per heavy atom. The van der Waals surface area contributed by atoms with Crippen LogP contribution in [0.4, 0.5) is 0 Å². The number of phenolic OH excluding ortho intramolecular Hbond substituents is 1. The highest BCUT2D eigenvalue weighted by molar-refractivity contribution is 5.28. The summed E-state index contributed by atoms with van der Waals surface area (Å²) in [6, 6.07) is 6.97. The van der Waals surface area contributed by atoms with Crippen LogP contribution in [-0.4, -0.2) is 10.2 Å². The Bertz CT molecular complexity index is 372. The molecular weight excluding hydrogens is 188 g/mol. The molecule has 0 spiro atoms. The van der Waals surface area contributed by atoms with E-state index in [1.54, 1.807) is 18.2 Å². The molecule has 0 amide bonds. The third-order valence-electron chi connectivity index (χ3n) is 1.87. The maximum absolute atomic E-state index is 9.23. The van der Waals surface area contributed by atoms with Gasteiger partial charge in [0.25, 0.3) is 0 Å². The van der Waals surface area contributed by atoms with E-state index in [2.05, 4.69) is 6.58 Å². The van der Waals surface area contributed by atoms with Crippen molar-refractivity contribution in [2.75, 3.05) is 0 Å². The number of hydrogen-bond donors (Lipinski definition) is 2. The van der Waals surface area contributed by atoms with E-state index in [4.69, 9.17) is 5.11 Å². The lowest BCUT2D eigenvalue weighted by atomic mass is 10.1. The summed E-state index contributed by atoms with van der Waals surface area (Å²) in [6.07, 6.45) is 7.24. The molecule has 15 heavy (non-hydrogen) atoms. The second-order valence-corrected chi connectivity index (χ2v) is 3.10. The summed E-state index contributed by atoms with van der Waals surface area (Å²) in [7, 11) is 0. The number of aliphatic hydroxyl groups excluding tert-OH is 1. The molecule has 0 atom stereocenters. The van der Waals surface area contributed by atoms with E-state index in [9.17, 15) is 5.11 Å². The second kappa shape index (κ2) is 5.70. The zero-order chi connectivity index (χ0) is 11.1. The molecule has 0 unspecified atom stereocenters. The van der Waals surface area contributed by atoms with E-state index in [0.29, 0.717) is 0 Å². The van der Waals surface area contributed by atoms with Gasteiger partial charge >= 0.3 is 0 Å². The van der Waals surface area contributed by atoms with Crippen LogP contribution >= 0.6 is 0 Å². The lowest BCUT2D eigenvalue weighted by Gasteiger charge is -1.96. The van der Waals surface area contributed by atoms with Gasteiger partial charge in [0.1, 0.15) is 11.5 Å². The number of aliphatic hydroxyl groups is 1. The first-order chi connectivity index (χ1) is 7.22. The quantitative estimate of drug-likeness (QED) is 0.581. The highest BCUT2D eigenvalue weighted by atomic mass is 16.3. The predicted octanol–water partition coefficient (Wildman–Crippen LogP) is 3.12. The Morgan fingerprint density at radius 2 is 1.93 bits per heavy atom. The van der Waals surface area contributed by atoms with E-state index in [0.717, 1.165) is 12.0 Å². The molecule has 0 aromatic heterocycles. The van der Waals surface area contributed by atoms with Crippen LogP contribution in [0.2, 0.25) is 0 Å². The molecule has 0 aliphatic rings. The van der Waals surface area contributed by atoms with Gasteiger partial charge in [0.05, 0.1) is 0 Å². The Morgan fingerprint density at radius 1 is 1.27 bits per heavy atom. The van der Waals surface area contributed by atoms with Gasteiger partial charge in [0.15, 0.2) is 0 Å². The Balaban J connectivity index is 2.53. The molecule has 2 N–H and O–H groups in total. The summed E-state index contributed by atoms with van der Waals surface area (Å²) in [5, 5.41) is 18.3. The Labute approximate surface area is 89.5 Å². The van der Waals surface area contributed by atoms with Crippen LogP contribution < -0.4 is 0 Å². The van der Waals surface area contributed by atoms with Crippen molar-refractivity contribution in [3.05, 3.63) is 66.5 Å². The Kier molecular flexibility index (Phi) is 4.23. The number of phenols is 1. The molecule has 0 heterocycles. The number of aromatic hydroxyl groups is 1. The molecule has 1 aromatic carbocycles. The first-order valence-corrected chi connectivity index (χ1v) is 4.68. The van der Waals surface area contributed by atoms with Gasteiger partial charge in [-0.15, -0.1) is 0 Å². The standard InChI is InChI=1S/C13H14O2/c1-2-4-12(14)6-3-5-11-7-9-13(15)10-8-11/h2-4,6-10,14-15H,1,5H2/b6-3-,12-4+. The van der Waals surface area contributed by atoms with E-state index in [1.807, 2.05) is 18.2 Å². The van der Waals surface area contributed by atoms with E-state index < -0.39 is 0 Å². The highest BCUT2D eigenvalue weighted by Gasteiger charge is 1.90. The van der Waals surface area contributed by atoms with Crippen LogP contribution in [0.5, 0.6) is 5.75 Å². The minimum atomic E-state index is 0.184. The molecule has 0 aliphatic carbocycles. The fourth-order valence-corrected chi connectivity index (χ4v) is 1.12. The van der Waals surface area contributed by atoms with Crippen molar-refractivity contribution in [2.45, 2.75) is 6.42 Å². The first kappa shape index (κ1) is 11.1. The third-order valence-corrected chi connectivity index (χ3v) is 1.87. The molecule has 2 nitrogen and oxygen atoms in total. The lowest BCUT2D eigenvalue weighted by molar-refractivity contribution is 0.432. The highest BCUT2D eigenvalue weighted by Crippen LogP contribution is 2.10. The van der Waals surface area contributed by atoms with Gasteiger partial charge in [-0.2, -0.15) is 0 Å². The van der Waals surface area contributed by atoms with Crippen molar-refractivity contribution in [3.63, 3.8) is 0 Å². The average molecular weight is 202 g/mol. The third kappa shape index (κ3) is 4.18. The van der Waals surface area contributed by atoms with Gasteiger partial charge in [0, 0.05) is 0 Å². The van der Waals surface area contributed by atoms with Crippen molar-refractivity contribution in [2.24, 2.45) is 0 Å². The van der Waals surface area contributed by atoms with Crippen molar-refractivity contribution >= 4 is 0 Å². The smallest absolute Gasteiger partial charge is 0.115 e. The summed E-state index contributed by atoms with van der Waals surface area (Å²) in [6.45, 7) is 3.48. The van der Waals surface area contributed by atoms with Gasteiger partial charge in [-0.05, 0) is 36.3 Å². The SMILES string of the molecule is C=C/C=C(O)\C=C/Cc1ccc(O)cc1. The fourth-order valence-electron chi connectivity index (χ4n) is 1.12. The predicted molar refractivity (Wildman–Crippen MR) is 61.9 cm³/mol.